The number of aromatic nitrogens is 2. The Balaban J connectivity index is 1.74. The van der Waals surface area contributed by atoms with Gasteiger partial charge in [0.2, 0.25) is 0 Å². The molecule has 2 heterocycles. The molecule has 1 N–H and O–H groups in total. The molecule has 1 aliphatic heterocycles. The van der Waals surface area contributed by atoms with Crippen LogP contribution in [-0.2, 0) is 12.0 Å². The Morgan fingerprint density at radius 2 is 1.86 bits per heavy atom. The van der Waals surface area contributed by atoms with Crippen LogP contribution in [0, 0.1) is 11.7 Å². The molecule has 152 valence electrons. The van der Waals surface area contributed by atoms with Crippen LogP contribution in [0.15, 0.2) is 30.3 Å². The molecule has 0 spiro atoms. The minimum atomic E-state index is -0.268. The number of hydrogen-bond acceptors (Lipinski definition) is 3. The first-order valence-corrected chi connectivity index (χ1v) is 10.0. The van der Waals surface area contributed by atoms with Gasteiger partial charge < -0.3 is 10.2 Å². The first kappa shape index (κ1) is 20.5. The molecule has 1 aromatic heterocycles. The fourth-order valence-electron chi connectivity index (χ4n) is 3.44. The van der Waals surface area contributed by atoms with E-state index >= 15 is 0 Å². The Hall–Kier alpha value is -2.21. The van der Waals surface area contributed by atoms with Crippen LogP contribution in [-0.4, -0.2) is 47.3 Å². The largest absolute Gasteiger partial charge is 0.350 e. The Morgan fingerprint density at radius 1 is 1.21 bits per heavy atom. The standard InChI is InChI=1S/C22H31FN4O/c1-22(2,3)20-13-19(21(28)24-14-16-9-11-26(4)12-10-16)27(25-20)15-17-5-7-18(23)8-6-17/h5-8,13,16H,9-12,14-15H2,1-4H3,(H,24,28). The van der Waals surface area contributed by atoms with Gasteiger partial charge in [0, 0.05) is 12.0 Å². The number of benzene rings is 1. The summed E-state index contributed by atoms with van der Waals surface area (Å²) in [6.45, 7) is 9.54. The SMILES string of the molecule is CN1CCC(CNC(=O)c2cc(C(C)(C)C)nn2Cc2ccc(F)cc2)CC1. The molecule has 6 heteroatoms. The Morgan fingerprint density at radius 3 is 2.46 bits per heavy atom. The third-order valence-corrected chi connectivity index (χ3v) is 5.42. The Kier molecular flexibility index (Phi) is 6.18. The van der Waals surface area contributed by atoms with Crippen LogP contribution in [0.1, 0.15) is 55.4 Å². The zero-order valence-corrected chi connectivity index (χ0v) is 17.3. The highest BCUT2D eigenvalue weighted by molar-refractivity contribution is 5.92. The molecular formula is C22H31FN4O. The lowest BCUT2D eigenvalue weighted by Crippen LogP contribution is -2.37. The molecule has 0 atom stereocenters. The van der Waals surface area contributed by atoms with Crippen LogP contribution in [0.25, 0.3) is 0 Å². The molecule has 0 bridgehead atoms. The van der Waals surface area contributed by atoms with E-state index in [0.717, 1.165) is 37.2 Å². The smallest absolute Gasteiger partial charge is 0.269 e. The van der Waals surface area contributed by atoms with Gasteiger partial charge in [-0.15, -0.1) is 0 Å². The molecule has 0 aliphatic carbocycles. The molecule has 1 amide bonds. The van der Waals surface area contributed by atoms with Crippen molar-refractivity contribution in [3.63, 3.8) is 0 Å². The van der Waals surface area contributed by atoms with E-state index in [1.165, 1.54) is 12.1 Å². The first-order chi connectivity index (χ1) is 13.2. The normalized spacial score (nSPS) is 16.3. The van der Waals surface area contributed by atoms with Gasteiger partial charge in [-0.1, -0.05) is 32.9 Å². The van der Waals surface area contributed by atoms with Crippen LogP contribution < -0.4 is 5.32 Å². The maximum absolute atomic E-state index is 13.2. The molecule has 1 saturated heterocycles. The molecule has 3 rings (SSSR count). The minimum absolute atomic E-state index is 0.0935. The van der Waals surface area contributed by atoms with Crippen molar-refractivity contribution in [2.45, 2.75) is 45.6 Å². The number of nitrogens with one attached hydrogen (secondary N) is 1. The zero-order chi connectivity index (χ0) is 20.3. The summed E-state index contributed by atoms with van der Waals surface area (Å²) in [6.07, 6.45) is 2.22. The van der Waals surface area contributed by atoms with Gasteiger partial charge in [-0.3, -0.25) is 9.48 Å². The number of piperidine rings is 1. The van der Waals surface area contributed by atoms with Gasteiger partial charge in [0.25, 0.3) is 5.91 Å². The monoisotopic (exact) mass is 386 g/mol. The molecular weight excluding hydrogens is 355 g/mol. The Labute approximate surface area is 166 Å². The second-order valence-electron chi connectivity index (χ2n) is 8.91. The zero-order valence-electron chi connectivity index (χ0n) is 17.3. The molecule has 1 aliphatic rings. The van der Waals surface area contributed by atoms with Crippen molar-refractivity contribution < 1.29 is 9.18 Å². The third kappa shape index (κ3) is 5.19. The predicted octanol–water partition coefficient (Wildman–Crippen LogP) is 3.44. The highest BCUT2D eigenvalue weighted by Crippen LogP contribution is 2.23. The number of likely N-dealkylation sites (tertiary alicyclic amines) is 1. The van der Waals surface area contributed by atoms with Crippen molar-refractivity contribution in [1.29, 1.82) is 0 Å². The van der Waals surface area contributed by atoms with Gasteiger partial charge >= 0.3 is 0 Å². The van der Waals surface area contributed by atoms with Gasteiger partial charge in [0.1, 0.15) is 11.5 Å². The van der Waals surface area contributed by atoms with E-state index in [0.29, 0.717) is 24.7 Å². The van der Waals surface area contributed by atoms with Crippen LogP contribution in [0.3, 0.4) is 0 Å². The summed E-state index contributed by atoms with van der Waals surface area (Å²) in [7, 11) is 2.14. The van der Waals surface area contributed by atoms with Crippen molar-refractivity contribution in [2.75, 3.05) is 26.7 Å². The lowest BCUT2D eigenvalue weighted by molar-refractivity contribution is 0.0928. The number of hydrogen-bond donors (Lipinski definition) is 1. The number of carbonyl (C=O) groups excluding carboxylic acids is 1. The van der Waals surface area contributed by atoms with Gasteiger partial charge in [0.05, 0.1) is 12.2 Å². The molecule has 28 heavy (non-hydrogen) atoms. The topological polar surface area (TPSA) is 50.2 Å². The molecule has 0 radical (unpaired) electrons. The highest BCUT2D eigenvalue weighted by atomic mass is 19.1. The van der Waals surface area contributed by atoms with E-state index in [4.69, 9.17) is 0 Å². The fourth-order valence-corrected chi connectivity index (χ4v) is 3.44. The van der Waals surface area contributed by atoms with Crippen molar-refractivity contribution in [3.05, 3.63) is 53.1 Å². The molecule has 2 aromatic rings. The van der Waals surface area contributed by atoms with Gasteiger partial charge in [-0.25, -0.2) is 4.39 Å². The lowest BCUT2D eigenvalue weighted by atomic mass is 9.92. The maximum atomic E-state index is 13.2. The first-order valence-electron chi connectivity index (χ1n) is 10.0. The number of carbonyl (C=O) groups is 1. The molecule has 0 saturated carbocycles. The summed E-state index contributed by atoms with van der Waals surface area (Å²) in [6, 6.07) is 8.21. The molecule has 0 unspecified atom stereocenters. The van der Waals surface area contributed by atoms with Gasteiger partial charge in [-0.2, -0.15) is 5.10 Å². The number of amides is 1. The number of rotatable bonds is 5. The minimum Gasteiger partial charge on any atom is -0.350 e. The van der Waals surface area contributed by atoms with Crippen LogP contribution >= 0.6 is 0 Å². The van der Waals surface area contributed by atoms with Crippen LogP contribution in [0.5, 0.6) is 0 Å². The van der Waals surface area contributed by atoms with Crippen molar-refractivity contribution in [1.82, 2.24) is 20.0 Å². The summed E-state index contributed by atoms with van der Waals surface area (Å²) in [4.78, 5) is 15.2. The van der Waals surface area contributed by atoms with E-state index in [-0.39, 0.29) is 17.1 Å². The molecule has 1 fully saturated rings. The van der Waals surface area contributed by atoms with Gasteiger partial charge in [0.15, 0.2) is 0 Å². The van der Waals surface area contributed by atoms with Crippen molar-refractivity contribution in [3.8, 4) is 0 Å². The van der Waals surface area contributed by atoms with E-state index in [1.807, 2.05) is 6.07 Å². The molecule has 1 aromatic carbocycles. The highest BCUT2D eigenvalue weighted by Gasteiger charge is 2.24. The van der Waals surface area contributed by atoms with Gasteiger partial charge in [-0.05, 0) is 62.7 Å². The summed E-state index contributed by atoms with van der Waals surface area (Å²) >= 11 is 0. The van der Waals surface area contributed by atoms with Crippen LogP contribution in [0.2, 0.25) is 0 Å². The lowest BCUT2D eigenvalue weighted by Gasteiger charge is -2.28. The van der Waals surface area contributed by atoms with Crippen molar-refractivity contribution in [2.24, 2.45) is 5.92 Å². The van der Waals surface area contributed by atoms with E-state index in [2.05, 4.69) is 43.1 Å². The fraction of sp³-hybridized carbons (Fsp3) is 0.545. The molecule has 5 nitrogen and oxygen atoms in total. The number of nitrogens with zero attached hydrogens (tertiary/aromatic N) is 3. The van der Waals surface area contributed by atoms with E-state index in [1.54, 1.807) is 16.8 Å². The predicted molar refractivity (Wildman–Crippen MR) is 109 cm³/mol. The summed E-state index contributed by atoms with van der Waals surface area (Å²) in [5, 5.41) is 7.79. The van der Waals surface area contributed by atoms with Crippen LogP contribution in [0.4, 0.5) is 4.39 Å². The summed E-state index contributed by atoms with van der Waals surface area (Å²) in [5.41, 5.74) is 2.19. The quantitative estimate of drug-likeness (QED) is 0.856. The third-order valence-electron chi connectivity index (χ3n) is 5.42. The second-order valence-corrected chi connectivity index (χ2v) is 8.91. The van der Waals surface area contributed by atoms with Crippen molar-refractivity contribution >= 4 is 5.91 Å². The Bertz CT molecular complexity index is 799. The maximum Gasteiger partial charge on any atom is 0.269 e. The summed E-state index contributed by atoms with van der Waals surface area (Å²) in [5.74, 6) is 0.162. The van der Waals surface area contributed by atoms with E-state index in [9.17, 15) is 9.18 Å². The van der Waals surface area contributed by atoms with E-state index < -0.39 is 0 Å². The summed E-state index contributed by atoms with van der Waals surface area (Å²) < 4.78 is 14.9. The average Bonchev–Trinajstić information content (AvgIpc) is 3.07. The number of halogens is 1. The second kappa shape index (κ2) is 8.43. The average molecular weight is 387 g/mol.